The lowest BCUT2D eigenvalue weighted by Crippen LogP contribution is -2.32. The molecule has 2 aromatic heterocycles. The van der Waals surface area contributed by atoms with E-state index in [-0.39, 0.29) is 37.1 Å². The van der Waals surface area contributed by atoms with Gasteiger partial charge in [-0.1, -0.05) is 0 Å². The molecule has 0 saturated carbocycles. The van der Waals surface area contributed by atoms with Gasteiger partial charge in [-0.25, -0.2) is 14.6 Å². The number of anilines is 1. The van der Waals surface area contributed by atoms with Gasteiger partial charge in [-0.3, -0.25) is 23.7 Å². The van der Waals surface area contributed by atoms with E-state index in [1.54, 1.807) is 0 Å². The number of aromatic amines is 1. The molecule has 14 heteroatoms. The van der Waals surface area contributed by atoms with Crippen LogP contribution in [0.5, 0.6) is 0 Å². The van der Waals surface area contributed by atoms with E-state index < -0.39 is 25.3 Å². The lowest BCUT2D eigenvalue weighted by Gasteiger charge is -2.16. The average Bonchev–Trinajstić information content (AvgIpc) is 2.89. The summed E-state index contributed by atoms with van der Waals surface area (Å²) in [5.74, 6) is -1.36. The van der Waals surface area contributed by atoms with Gasteiger partial charge in [0.2, 0.25) is 5.95 Å². The number of aromatic nitrogens is 4. The van der Waals surface area contributed by atoms with Crippen molar-refractivity contribution in [2.45, 2.75) is 19.7 Å². The van der Waals surface area contributed by atoms with Gasteiger partial charge >= 0.3 is 13.7 Å². The number of nitrogens with one attached hydrogen (secondary N) is 2. The maximum atomic E-state index is 11.6. The quantitative estimate of drug-likeness (QED) is 0.262. The van der Waals surface area contributed by atoms with E-state index in [1.807, 2.05) is 5.09 Å². The molecule has 1 unspecified atom stereocenters. The van der Waals surface area contributed by atoms with E-state index in [0.717, 1.165) is 0 Å². The number of nitrogen functional groups attached to an aromatic ring is 1. The third-order valence-corrected chi connectivity index (χ3v) is 4.19. The molecule has 0 spiro atoms. The minimum atomic E-state index is -4.26. The maximum Gasteiger partial charge on any atom is 0.403 e. The summed E-state index contributed by atoms with van der Waals surface area (Å²) >= 11 is 0. The number of aliphatic carboxylic acids is 1. The van der Waals surface area contributed by atoms with E-state index in [0.29, 0.717) is 0 Å². The number of nitrogens with zero attached hydrogens (tertiary/aromatic N) is 3. The zero-order valence-corrected chi connectivity index (χ0v) is 14.0. The number of carboxylic acids is 1. The Bertz CT molecular complexity index is 864. The van der Waals surface area contributed by atoms with Crippen LogP contribution in [0.2, 0.25) is 0 Å². The molecule has 6 N–H and O–H groups in total. The molecule has 0 aliphatic carbocycles. The number of imidazole rings is 1. The van der Waals surface area contributed by atoms with Crippen molar-refractivity contribution < 1.29 is 28.6 Å². The van der Waals surface area contributed by atoms with E-state index in [9.17, 15) is 19.0 Å². The second-order valence-corrected chi connectivity index (χ2v) is 6.47. The summed E-state index contributed by atoms with van der Waals surface area (Å²) < 4.78 is 23.0. The fraction of sp³-hybridized carbons (Fsp3) is 0.455. The summed E-state index contributed by atoms with van der Waals surface area (Å²) in [7, 11) is -4.26. The van der Waals surface area contributed by atoms with Gasteiger partial charge in [-0.2, -0.15) is 4.98 Å². The number of fused-ring (bicyclic) bond motifs is 1. The first-order valence-corrected chi connectivity index (χ1v) is 8.53. The largest absolute Gasteiger partial charge is 0.480 e. The summed E-state index contributed by atoms with van der Waals surface area (Å²) in [6.07, 6.45) is 1.33. The van der Waals surface area contributed by atoms with Crippen LogP contribution in [0.1, 0.15) is 6.92 Å². The lowest BCUT2D eigenvalue weighted by atomic mass is 10.4. The van der Waals surface area contributed by atoms with E-state index in [4.69, 9.17) is 20.1 Å². The molecule has 0 amide bonds. The molecule has 0 bridgehead atoms. The van der Waals surface area contributed by atoms with E-state index in [2.05, 4.69) is 15.0 Å². The normalized spacial score (nSPS) is 15.1. The summed E-state index contributed by atoms with van der Waals surface area (Å²) in [6, 6.07) is -1.25. The van der Waals surface area contributed by atoms with Crippen molar-refractivity contribution >= 4 is 30.8 Å². The Morgan fingerprint density at radius 2 is 2.28 bits per heavy atom. The van der Waals surface area contributed by atoms with E-state index in [1.165, 1.54) is 17.8 Å². The van der Waals surface area contributed by atoms with Crippen molar-refractivity contribution in [1.82, 2.24) is 24.6 Å². The molecule has 0 aromatic carbocycles. The van der Waals surface area contributed by atoms with Crippen molar-refractivity contribution in [3.05, 3.63) is 16.7 Å². The van der Waals surface area contributed by atoms with Crippen LogP contribution in [-0.2, 0) is 25.4 Å². The number of hydrogen-bond donors (Lipinski definition) is 5. The summed E-state index contributed by atoms with van der Waals surface area (Å²) in [6.45, 7) is 0.808. The molecule has 2 rings (SSSR count). The topological polar surface area (TPSA) is 195 Å². The van der Waals surface area contributed by atoms with Gasteiger partial charge in [-0.15, -0.1) is 0 Å². The molecule has 2 atom stereocenters. The van der Waals surface area contributed by atoms with Gasteiger partial charge in [0.1, 0.15) is 12.8 Å². The molecule has 0 aliphatic rings. The molecular weight excluding hydrogens is 359 g/mol. The van der Waals surface area contributed by atoms with Crippen molar-refractivity contribution in [3.63, 3.8) is 0 Å². The van der Waals surface area contributed by atoms with Crippen LogP contribution in [0.15, 0.2) is 11.1 Å². The summed E-state index contributed by atoms with van der Waals surface area (Å²) in [5, 5.41) is 10.6. The third kappa shape index (κ3) is 5.08. The Morgan fingerprint density at radius 1 is 1.56 bits per heavy atom. The second kappa shape index (κ2) is 7.72. The van der Waals surface area contributed by atoms with E-state index >= 15 is 0 Å². The second-order valence-electron chi connectivity index (χ2n) is 4.92. The molecule has 0 fully saturated rings. The fourth-order valence-electron chi connectivity index (χ4n) is 1.79. The Morgan fingerprint density at radius 3 is 2.96 bits per heavy atom. The van der Waals surface area contributed by atoms with Crippen LogP contribution in [0, 0.1) is 0 Å². The molecule has 13 nitrogen and oxygen atoms in total. The molecule has 0 radical (unpaired) electrons. The fourth-order valence-corrected chi connectivity index (χ4v) is 2.78. The summed E-state index contributed by atoms with van der Waals surface area (Å²) in [5.41, 5.74) is 5.31. The number of H-pyrrole nitrogens is 1. The molecule has 2 heterocycles. The van der Waals surface area contributed by atoms with Crippen LogP contribution in [0.4, 0.5) is 5.95 Å². The van der Waals surface area contributed by atoms with Crippen molar-refractivity contribution in [1.29, 1.82) is 0 Å². The highest BCUT2D eigenvalue weighted by atomic mass is 31.2. The predicted molar refractivity (Wildman–Crippen MR) is 84.5 cm³/mol. The zero-order chi connectivity index (χ0) is 18.6. The lowest BCUT2D eigenvalue weighted by molar-refractivity contribution is -0.138. The smallest absolute Gasteiger partial charge is 0.403 e. The van der Waals surface area contributed by atoms with Crippen molar-refractivity contribution in [3.8, 4) is 0 Å². The highest BCUT2D eigenvalue weighted by Crippen LogP contribution is 2.37. The Kier molecular flexibility index (Phi) is 5.87. The maximum absolute atomic E-state index is 11.6. The first-order chi connectivity index (χ1) is 11.7. The van der Waals surface area contributed by atoms with Crippen LogP contribution in [-0.4, -0.2) is 54.7 Å². The number of ether oxygens (including phenoxy) is 1. The minimum absolute atomic E-state index is 0.0512. The average molecular weight is 376 g/mol. The zero-order valence-electron chi connectivity index (χ0n) is 13.1. The highest BCUT2D eigenvalue weighted by molar-refractivity contribution is 7.50. The first kappa shape index (κ1) is 19.0. The first-order valence-electron chi connectivity index (χ1n) is 6.96. The predicted octanol–water partition coefficient (Wildman–Crippen LogP) is -1.14. The van der Waals surface area contributed by atoms with Crippen LogP contribution >= 0.6 is 7.75 Å². The number of rotatable bonds is 9. The molecule has 138 valence electrons. The standard InChI is InChI=1S/C11H17N6O7P/c1-6(10(19)20)16-25(21,22)24-3-2-23-5-17-4-13-7-8(17)14-11(12)15-9(7)18/h4,6H,2-3,5H2,1H3,(H,19,20)(H2,16,21,22)(H3,12,14,15,18)/t6-/m0/s1. The highest BCUT2D eigenvalue weighted by Gasteiger charge is 2.25. The van der Waals surface area contributed by atoms with Crippen molar-refractivity contribution in [2.75, 3.05) is 18.9 Å². The molecular formula is C11H17N6O7P. The Balaban J connectivity index is 1.83. The number of carbonyl (C=O) groups is 1. The van der Waals surface area contributed by atoms with Crippen molar-refractivity contribution in [2.24, 2.45) is 0 Å². The third-order valence-electron chi connectivity index (χ3n) is 2.94. The van der Waals surface area contributed by atoms with Gasteiger partial charge in [0.15, 0.2) is 11.2 Å². The van der Waals surface area contributed by atoms with Crippen LogP contribution < -0.4 is 16.4 Å². The van der Waals surface area contributed by atoms with Gasteiger partial charge in [-0.05, 0) is 6.92 Å². The van der Waals surface area contributed by atoms with Gasteiger partial charge < -0.3 is 20.5 Å². The SMILES string of the molecule is C[C@H](NP(=O)(O)OCCOCn1cnc2c(=O)[nH]c(N)nc21)C(=O)O. The van der Waals surface area contributed by atoms with Gasteiger partial charge in [0.05, 0.1) is 19.5 Å². The van der Waals surface area contributed by atoms with Gasteiger partial charge in [0, 0.05) is 0 Å². The van der Waals surface area contributed by atoms with Gasteiger partial charge in [0.25, 0.3) is 5.56 Å². The number of nitrogens with two attached hydrogens (primary N) is 1. The van der Waals surface area contributed by atoms with Crippen LogP contribution in [0.25, 0.3) is 11.2 Å². The Hall–Kier alpha value is -2.31. The molecule has 25 heavy (non-hydrogen) atoms. The Labute approximate surface area is 140 Å². The molecule has 2 aromatic rings. The minimum Gasteiger partial charge on any atom is -0.480 e. The van der Waals surface area contributed by atoms with Crippen LogP contribution in [0.3, 0.4) is 0 Å². The molecule has 0 saturated heterocycles. The number of carboxylic acid groups (broad SMARTS) is 1. The number of hydrogen-bond acceptors (Lipinski definition) is 8. The summed E-state index contributed by atoms with van der Waals surface area (Å²) in [4.78, 5) is 41.8. The monoisotopic (exact) mass is 376 g/mol. The molecule has 0 aliphatic heterocycles.